The van der Waals surface area contributed by atoms with Crippen molar-refractivity contribution in [1.82, 2.24) is 20.1 Å². The van der Waals surface area contributed by atoms with E-state index in [4.69, 9.17) is 9.15 Å². The molecule has 0 spiro atoms. The molecule has 1 amide bonds. The van der Waals surface area contributed by atoms with E-state index in [2.05, 4.69) is 22.1 Å². The first-order valence-electron chi connectivity index (χ1n) is 11.9. The molecule has 7 nitrogen and oxygen atoms in total. The number of benzene rings is 2. The number of nitrogens with one attached hydrogen (secondary N) is 1. The molecule has 35 heavy (non-hydrogen) atoms. The van der Waals surface area contributed by atoms with E-state index in [9.17, 15) is 9.18 Å². The van der Waals surface area contributed by atoms with Crippen molar-refractivity contribution in [2.75, 3.05) is 13.2 Å². The number of ether oxygens (including phenoxy) is 1. The minimum Gasteiger partial charge on any atom is -0.493 e. The van der Waals surface area contributed by atoms with Gasteiger partial charge in [-0.25, -0.2) is 9.37 Å². The second-order valence-corrected chi connectivity index (χ2v) is 8.64. The molecule has 0 radical (unpaired) electrons. The van der Waals surface area contributed by atoms with Crippen LogP contribution in [0.25, 0.3) is 11.3 Å². The van der Waals surface area contributed by atoms with Crippen LogP contribution in [0.5, 0.6) is 5.75 Å². The van der Waals surface area contributed by atoms with Gasteiger partial charge in [-0.3, -0.25) is 9.89 Å². The number of oxazole rings is 1. The van der Waals surface area contributed by atoms with Gasteiger partial charge in [0.25, 0.3) is 5.91 Å². The maximum atomic E-state index is 13.5. The molecule has 0 unspecified atom stereocenters. The fourth-order valence-corrected chi connectivity index (χ4v) is 4.41. The van der Waals surface area contributed by atoms with E-state index in [0.29, 0.717) is 42.6 Å². The number of hydrogen-bond acceptors (Lipinski definition) is 5. The molecule has 0 aliphatic carbocycles. The van der Waals surface area contributed by atoms with Crippen LogP contribution in [0.1, 0.15) is 59.9 Å². The van der Waals surface area contributed by atoms with Crippen molar-refractivity contribution in [3.05, 3.63) is 89.5 Å². The number of aromatic amines is 1. The zero-order valence-electron chi connectivity index (χ0n) is 19.5. The molecule has 0 saturated carbocycles. The molecule has 8 heteroatoms. The molecule has 5 rings (SSSR count). The molecule has 1 aliphatic rings. The number of aromatic nitrogens is 3. The van der Waals surface area contributed by atoms with Gasteiger partial charge in [-0.2, -0.15) is 5.10 Å². The number of carbonyl (C=O) groups excluding carboxylic acids is 1. The minimum absolute atomic E-state index is 0.150. The molecule has 1 saturated heterocycles. The molecular formula is C27H27FN4O3. The Labute approximate surface area is 202 Å². The van der Waals surface area contributed by atoms with Gasteiger partial charge in [-0.05, 0) is 55.2 Å². The van der Waals surface area contributed by atoms with Gasteiger partial charge >= 0.3 is 0 Å². The molecule has 1 fully saturated rings. The number of halogens is 1. The topological polar surface area (TPSA) is 84.2 Å². The number of carbonyl (C=O) groups is 1. The zero-order valence-corrected chi connectivity index (χ0v) is 19.5. The van der Waals surface area contributed by atoms with E-state index in [1.807, 2.05) is 30.3 Å². The summed E-state index contributed by atoms with van der Waals surface area (Å²) in [5.41, 5.74) is 2.71. The molecule has 2 aromatic heterocycles. The average Bonchev–Trinajstić information content (AvgIpc) is 3.63. The maximum absolute atomic E-state index is 13.5. The summed E-state index contributed by atoms with van der Waals surface area (Å²) in [4.78, 5) is 19.6. The van der Waals surface area contributed by atoms with E-state index in [0.717, 1.165) is 36.1 Å². The second kappa shape index (κ2) is 10.1. The van der Waals surface area contributed by atoms with Crippen LogP contribution in [0, 0.1) is 5.82 Å². The number of rotatable bonds is 8. The van der Waals surface area contributed by atoms with Crippen molar-refractivity contribution in [1.29, 1.82) is 0 Å². The quantitative estimate of drug-likeness (QED) is 0.361. The lowest BCUT2D eigenvalue weighted by atomic mass is 10.1. The fourth-order valence-electron chi connectivity index (χ4n) is 4.41. The van der Waals surface area contributed by atoms with Gasteiger partial charge in [-0.1, -0.05) is 31.2 Å². The highest BCUT2D eigenvalue weighted by atomic mass is 19.1. The molecular weight excluding hydrogens is 447 g/mol. The number of nitrogens with zero attached hydrogens (tertiary/aromatic N) is 3. The summed E-state index contributed by atoms with van der Waals surface area (Å²) in [6, 6.07) is 15.6. The van der Waals surface area contributed by atoms with E-state index >= 15 is 0 Å². The Morgan fingerprint density at radius 3 is 2.97 bits per heavy atom. The van der Waals surface area contributed by atoms with Crippen LogP contribution in [0.15, 0.2) is 65.2 Å². The van der Waals surface area contributed by atoms with Gasteiger partial charge < -0.3 is 14.1 Å². The van der Waals surface area contributed by atoms with Crippen molar-refractivity contribution in [3.8, 4) is 17.0 Å². The van der Waals surface area contributed by atoms with E-state index in [1.54, 1.807) is 23.2 Å². The van der Waals surface area contributed by atoms with Crippen LogP contribution in [-0.2, 0) is 6.42 Å². The van der Waals surface area contributed by atoms with Gasteiger partial charge in [0.15, 0.2) is 0 Å². The van der Waals surface area contributed by atoms with Gasteiger partial charge in [0, 0.05) is 18.5 Å². The molecule has 2 aromatic carbocycles. The Hall–Kier alpha value is -3.94. The van der Waals surface area contributed by atoms with Gasteiger partial charge in [-0.15, -0.1) is 0 Å². The highest BCUT2D eigenvalue weighted by Crippen LogP contribution is 2.34. The lowest BCUT2D eigenvalue weighted by Crippen LogP contribution is -2.31. The first-order valence-corrected chi connectivity index (χ1v) is 11.9. The minimum atomic E-state index is -0.284. The smallest absolute Gasteiger partial charge is 0.272 e. The summed E-state index contributed by atoms with van der Waals surface area (Å²) in [5.74, 6) is 1.44. The van der Waals surface area contributed by atoms with E-state index in [-0.39, 0.29) is 17.8 Å². The van der Waals surface area contributed by atoms with Gasteiger partial charge in [0.2, 0.25) is 5.89 Å². The molecule has 1 N–H and O–H groups in total. The Bertz CT molecular complexity index is 1320. The maximum Gasteiger partial charge on any atom is 0.272 e. The first kappa shape index (κ1) is 22.8. The predicted molar refractivity (Wildman–Crippen MR) is 129 cm³/mol. The van der Waals surface area contributed by atoms with Gasteiger partial charge in [0.1, 0.15) is 29.1 Å². The highest BCUT2D eigenvalue weighted by Gasteiger charge is 2.34. The van der Waals surface area contributed by atoms with Gasteiger partial charge in [0.05, 0.1) is 18.5 Å². The third kappa shape index (κ3) is 4.96. The monoisotopic (exact) mass is 474 g/mol. The normalized spacial score (nSPS) is 15.5. The number of likely N-dealkylation sites (tertiary alicyclic amines) is 1. The van der Waals surface area contributed by atoms with Crippen LogP contribution >= 0.6 is 0 Å². The number of para-hydroxylation sites is 1. The van der Waals surface area contributed by atoms with Crippen molar-refractivity contribution in [2.24, 2.45) is 0 Å². The van der Waals surface area contributed by atoms with Crippen LogP contribution in [-0.4, -0.2) is 39.1 Å². The second-order valence-electron chi connectivity index (χ2n) is 8.64. The molecule has 1 atom stereocenters. The fraction of sp³-hybridized carbons (Fsp3) is 0.296. The summed E-state index contributed by atoms with van der Waals surface area (Å²) >= 11 is 0. The van der Waals surface area contributed by atoms with Crippen LogP contribution in [0.2, 0.25) is 0 Å². The van der Waals surface area contributed by atoms with E-state index < -0.39 is 0 Å². The summed E-state index contributed by atoms with van der Waals surface area (Å²) in [7, 11) is 0. The van der Waals surface area contributed by atoms with Crippen molar-refractivity contribution in [2.45, 2.75) is 38.6 Å². The standard InChI is InChI=1S/C27H27FN4O3/c1-2-13-34-25-11-4-3-9-21(25)22-16-23(31-30-22)27(33)32-12-6-10-24(32)26-29-17-20(35-26)15-18-7-5-8-19(28)14-18/h3-5,7-9,11,14,16-17,24H,2,6,10,12-13,15H2,1H3,(H,30,31)/t24-/m1/s1. The summed E-state index contributed by atoms with van der Waals surface area (Å²) in [6.07, 6.45) is 4.62. The Kier molecular flexibility index (Phi) is 6.61. The third-order valence-electron chi connectivity index (χ3n) is 6.07. The van der Waals surface area contributed by atoms with Crippen LogP contribution in [0.4, 0.5) is 4.39 Å². The van der Waals surface area contributed by atoms with Crippen molar-refractivity contribution >= 4 is 5.91 Å². The number of amides is 1. The zero-order chi connectivity index (χ0) is 24.2. The Balaban J connectivity index is 1.32. The summed E-state index contributed by atoms with van der Waals surface area (Å²) in [6.45, 7) is 3.27. The summed E-state index contributed by atoms with van der Waals surface area (Å²) in [5, 5.41) is 7.28. The first-order chi connectivity index (χ1) is 17.1. The number of H-pyrrole nitrogens is 1. The van der Waals surface area contributed by atoms with Crippen LogP contribution in [0.3, 0.4) is 0 Å². The Morgan fingerprint density at radius 1 is 1.23 bits per heavy atom. The molecule has 180 valence electrons. The SMILES string of the molecule is CCCOc1ccccc1-c1cc(C(=O)N2CCC[C@@H]2c2ncc(Cc3cccc(F)c3)o2)[nH]n1. The molecule has 3 heterocycles. The Morgan fingerprint density at radius 2 is 2.11 bits per heavy atom. The average molecular weight is 475 g/mol. The highest BCUT2D eigenvalue weighted by molar-refractivity contribution is 5.94. The molecule has 4 aromatic rings. The van der Waals surface area contributed by atoms with E-state index in [1.165, 1.54) is 12.1 Å². The van der Waals surface area contributed by atoms with Crippen molar-refractivity contribution in [3.63, 3.8) is 0 Å². The molecule has 0 bridgehead atoms. The molecule has 1 aliphatic heterocycles. The van der Waals surface area contributed by atoms with Crippen molar-refractivity contribution < 1.29 is 18.3 Å². The summed E-state index contributed by atoms with van der Waals surface area (Å²) < 4.78 is 25.3. The lowest BCUT2D eigenvalue weighted by molar-refractivity contribution is 0.0708. The number of hydrogen-bond donors (Lipinski definition) is 1. The largest absolute Gasteiger partial charge is 0.493 e. The predicted octanol–water partition coefficient (Wildman–Crippen LogP) is 5.56. The van der Waals surface area contributed by atoms with Crippen LogP contribution < -0.4 is 4.74 Å². The third-order valence-corrected chi connectivity index (χ3v) is 6.07. The lowest BCUT2D eigenvalue weighted by Gasteiger charge is -2.21.